The molecular formula is C25H21N5O6S. The standard InChI is InChI=1S/C25H21N5O6S/c1-36-16-3-2-4-17-19(16)28-23(37-17)25(9-10-25)29-24(35)26-12-5-6-13-14(11-12)22(34)30(21(13)33)15-7-8-18(31)27-20(15)32/h2-6,11,15H,7-10H2,1H3,(H2,26,29,35)(H,27,31,32). The van der Waals surface area contributed by atoms with E-state index in [1.165, 1.54) is 29.5 Å². The van der Waals surface area contributed by atoms with E-state index < -0.39 is 41.2 Å². The number of amides is 6. The number of nitrogens with zero attached hydrogens (tertiary/aromatic N) is 2. The van der Waals surface area contributed by atoms with Gasteiger partial charge >= 0.3 is 6.03 Å². The number of aromatic nitrogens is 1. The fourth-order valence-electron chi connectivity index (χ4n) is 4.74. The van der Waals surface area contributed by atoms with E-state index in [1.807, 2.05) is 18.2 Å². The minimum Gasteiger partial charge on any atom is -0.494 e. The summed E-state index contributed by atoms with van der Waals surface area (Å²) in [5.74, 6) is -1.68. The lowest BCUT2D eigenvalue weighted by molar-refractivity contribution is -0.136. The molecule has 1 aliphatic carbocycles. The second-order valence-corrected chi connectivity index (χ2v) is 10.2. The van der Waals surface area contributed by atoms with Crippen molar-refractivity contribution in [1.29, 1.82) is 0 Å². The van der Waals surface area contributed by atoms with Gasteiger partial charge in [0, 0.05) is 12.1 Å². The molecule has 0 spiro atoms. The normalized spacial score (nSPS) is 20.0. The number of nitrogens with one attached hydrogen (secondary N) is 3. The first-order valence-corrected chi connectivity index (χ1v) is 12.5. The van der Waals surface area contributed by atoms with Crippen molar-refractivity contribution >= 4 is 56.9 Å². The van der Waals surface area contributed by atoms with E-state index in [-0.39, 0.29) is 24.0 Å². The van der Waals surface area contributed by atoms with Crippen LogP contribution in [0.1, 0.15) is 51.4 Å². The first kappa shape index (κ1) is 23.1. The Morgan fingerprint density at radius 3 is 2.65 bits per heavy atom. The smallest absolute Gasteiger partial charge is 0.320 e. The number of hydrogen-bond donors (Lipinski definition) is 3. The van der Waals surface area contributed by atoms with Gasteiger partial charge in [-0.1, -0.05) is 6.07 Å². The third-order valence-electron chi connectivity index (χ3n) is 6.81. The highest BCUT2D eigenvalue weighted by Gasteiger charge is 2.49. The molecule has 12 heteroatoms. The van der Waals surface area contributed by atoms with Crippen LogP contribution in [-0.4, -0.2) is 52.7 Å². The number of rotatable bonds is 5. The van der Waals surface area contributed by atoms with Crippen LogP contribution in [-0.2, 0) is 15.1 Å². The molecule has 3 heterocycles. The number of imide groups is 2. The predicted octanol–water partition coefficient (Wildman–Crippen LogP) is 2.52. The number of hydrogen-bond acceptors (Lipinski definition) is 8. The van der Waals surface area contributed by atoms with Crippen molar-refractivity contribution < 1.29 is 28.7 Å². The van der Waals surface area contributed by atoms with E-state index in [0.29, 0.717) is 11.4 Å². The number of carbonyl (C=O) groups excluding carboxylic acids is 5. The number of anilines is 1. The van der Waals surface area contributed by atoms with Crippen molar-refractivity contribution in [2.45, 2.75) is 37.3 Å². The highest BCUT2D eigenvalue weighted by molar-refractivity contribution is 7.18. The van der Waals surface area contributed by atoms with E-state index in [1.54, 1.807) is 7.11 Å². The second kappa shape index (κ2) is 8.37. The maximum atomic E-state index is 13.0. The average molecular weight is 520 g/mol. The third kappa shape index (κ3) is 3.80. The Balaban J connectivity index is 1.18. The first-order chi connectivity index (χ1) is 17.8. The fraction of sp³-hybridized carbons (Fsp3) is 0.280. The summed E-state index contributed by atoms with van der Waals surface area (Å²) in [4.78, 5) is 68.1. The maximum Gasteiger partial charge on any atom is 0.320 e. The van der Waals surface area contributed by atoms with Crippen molar-refractivity contribution in [2.75, 3.05) is 12.4 Å². The largest absolute Gasteiger partial charge is 0.494 e. The monoisotopic (exact) mass is 519 g/mol. The molecule has 1 unspecified atom stereocenters. The van der Waals surface area contributed by atoms with E-state index in [4.69, 9.17) is 9.72 Å². The number of methoxy groups -OCH3 is 1. The first-order valence-electron chi connectivity index (χ1n) is 11.7. The molecule has 2 fully saturated rings. The molecule has 1 saturated heterocycles. The molecule has 0 radical (unpaired) electrons. The molecule has 188 valence electrons. The number of carbonyl (C=O) groups is 5. The summed E-state index contributed by atoms with van der Waals surface area (Å²) in [6.45, 7) is 0. The molecule has 3 N–H and O–H groups in total. The van der Waals surface area contributed by atoms with Gasteiger partial charge in [-0.05, 0) is 49.6 Å². The highest BCUT2D eigenvalue weighted by atomic mass is 32.1. The number of piperidine rings is 1. The molecule has 3 aromatic rings. The van der Waals surface area contributed by atoms with Gasteiger partial charge in [-0.25, -0.2) is 9.78 Å². The van der Waals surface area contributed by atoms with Gasteiger partial charge < -0.3 is 15.4 Å². The summed E-state index contributed by atoms with van der Waals surface area (Å²) >= 11 is 1.50. The van der Waals surface area contributed by atoms with Crippen molar-refractivity contribution in [1.82, 2.24) is 20.5 Å². The zero-order valence-electron chi connectivity index (χ0n) is 19.6. The van der Waals surface area contributed by atoms with Gasteiger partial charge in [0.25, 0.3) is 11.8 Å². The summed E-state index contributed by atoms with van der Waals surface area (Å²) in [5, 5.41) is 8.69. The Morgan fingerprint density at radius 2 is 1.92 bits per heavy atom. The SMILES string of the molecule is COc1cccc2sc(C3(NC(=O)Nc4ccc5c(c4)C(=O)N(C4CCC(=O)NC4=O)C5=O)CC3)nc12. The van der Waals surface area contributed by atoms with Gasteiger partial charge in [-0.15, -0.1) is 11.3 Å². The van der Waals surface area contributed by atoms with Crippen LogP contribution in [0.3, 0.4) is 0 Å². The van der Waals surface area contributed by atoms with E-state index in [2.05, 4.69) is 16.0 Å². The van der Waals surface area contributed by atoms with E-state index >= 15 is 0 Å². The number of para-hydroxylation sites is 1. The van der Waals surface area contributed by atoms with Crippen molar-refractivity contribution in [2.24, 2.45) is 0 Å². The van der Waals surface area contributed by atoms with Crippen LogP contribution in [0.4, 0.5) is 10.5 Å². The van der Waals surface area contributed by atoms with Crippen LogP contribution in [0, 0.1) is 0 Å². The Morgan fingerprint density at radius 1 is 1.14 bits per heavy atom. The van der Waals surface area contributed by atoms with Crippen LogP contribution in [0.2, 0.25) is 0 Å². The Labute approximate surface area is 214 Å². The van der Waals surface area contributed by atoms with Crippen LogP contribution in [0.15, 0.2) is 36.4 Å². The van der Waals surface area contributed by atoms with Gasteiger partial charge in [-0.3, -0.25) is 29.4 Å². The molecule has 0 bridgehead atoms. The van der Waals surface area contributed by atoms with Crippen LogP contribution in [0.25, 0.3) is 10.2 Å². The van der Waals surface area contributed by atoms with Crippen molar-refractivity contribution in [3.05, 3.63) is 52.5 Å². The molecule has 11 nitrogen and oxygen atoms in total. The van der Waals surface area contributed by atoms with Crippen LogP contribution in [0.5, 0.6) is 5.75 Å². The Kier molecular flexibility index (Phi) is 5.23. The van der Waals surface area contributed by atoms with Crippen LogP contribution >= 0.6 is 11.3 Å². The second-order valence-electron chi connectivity index (χ2n) is 9.19. The zero-order valence-corrected chi connectivity index (χ0v) is 20.4. The van der Waals surface area contributed by atoms with E-state index in [9.17, 15) is 24.0 Å². The summed E-state index contributed by atoms with van der Waals surface area (Å²) in [6.07, 6.45) is 1.59. The minimum atomic E-state index is -1.05. The molecule has 1 saturated carbocycles. The van der Waals surface area contributed by atoms with Crippen LogP contribution < -0.4 is 20.7 Å². The molecule has 1 atom stereocenters. The molecule has 3 aliphatic rings. The zero-order chi connectivity index (χ0) is 25.9. The topological polar surface area (TPSA) is 147 Å². The lowest BCUT2D eigenvalue weighted by Crippen LogP contribution is -2.54. The number of thiazole rings is 1. The quantitative estimate of drug-likeness (QED) is 0.439. The van der Waals surface area contributed by atoms with Crippen molar-refractivity contribution in [3.63, 3.8) is 0 Å². The molecular weight excluding hydrogens is 498 g/mol. The lowest BCUT2D eigenvalue weighted by Gasteiger charge is -2.27. The third-order valence-corrected chi connectivity index (χ3v) is 8.04. The summed E-state index contributed by atoms with van der Waals surface area (Å²) < 4.78 is 6.36. The van der Waals surface area contributed by atoms with Gasteiger partial charge in [0.2, 0.25) is 11.8 Å². The highest BCUT2D eigenvalue weighted by Crippen LogP contribution is 2.48. The Hall–Kier alpha value is -4.32. The lowest BCUT2D eigenvalue weighted by atomic mass is 10.0. The molecule has 6 rings (SSSR count). The van der Waals surface area contributed by atoms with Gasteiger partial charge in [0.05, 0.1) is 28.5 Å². The molecule has 37 heavy (non-hydrogen) atoms. The maximum absolute atomic E-state index is 13.0. The van der Waals surface area contributed by atoms with Gasteiger partial charge in [-0.2, -0.15) is 0 Å². The van der Waals surface area contributed by atoms with Gasteiger partial charge in [0.1, 0.15) is 22.3 Å². The number of ether oxygens (including phenoxy) is 1. The van der Waals surface area contributed by atoms with E-state index in [0.717, 1.165) is 33.0 Å². The summed E-state index contributed by atoms with van der Waals surface area (Å²) in [7, 11) is 1.59. The van der Waals surface area contributed by atoms with Crippen molar-refractivity contribution in [3.8, 4) is 5.75 Å². The molecule has 6 amide bonds. The Bertz CT molecular complexity index is 1530. The average Bonchev–Trinajstić information content (AvgIpc) is 3.43. The number of urea groups is 1. The summed E-state index contributed by atoms with van der Waals surface area (Å²) in [6, 6.07) is 8.56. The fourth-order valence-corrected chi connectivity index (χ4v) is 5.92. The minimum absolute atomic E-state index is 0.0416. The number of benzene rings is 2. The molecule has 2 aromatic carbocycles. The molecule has 2 aliphatic heterocycles. The number of fused-ring (bicyclic) bond motifs is 2. The predicted molar refractivity (Wildman–Crippen MR) is 132 cm³/mol. The summed E-state index contributed by atoms with van der Waals surface area (Å²) in [5.41, 5.74) is 0.726. The molecule has 1 aromatic heterocycles. The van der Waals surface area contributed by atoms with Gasteiger partial charge in [0.15, 0.2) is 0 Å².